The number of fused-ring (bicyclic) bond motifs is 6. The minimum atomic E-state index is 0.412. The van der Waals surface area contributed by atoms with Crippen LogP contribution in [0.4, 0.5) is 0 Å². The Balaban J connectivity index is 1.18. The van der Waals surface area contributed by atoms with Crippen molar-refractivity contribution in [3.63, 3.8) is 0 Å². The van der Waals surface area contributed by atoms with Crippen molar-refractivity contribution >= 4 is 39.7 Å². The number of allylic oxidation sites excluding steroid dienone is 10. The van der Waals surface area contributed by atoms with E-state index in [0.29, 0.717) is 12.0 Å². The second-order valence-electron chi connectivity index (χ2n) is 11.0. The number of rotatable bonds is 3. The number of hydrogen-bond donors (Lipinski definition) is 0. The molecule has 4 aromatic rings. The fourth-order valence-corrected chi connectivity index (χ4v) is 6.98. The molecule has 4 aliphatic carbocycles. The molecule has 8 rings (SSSR count). The van der Waals surface area contributed by atoms with Crippen molar-refractivity contribution in [2.45, 2.75) is 44.6 Å². The third kappa shape index (κ3) is 3.47. The highest BCUT2D eigenvalue weighted by atomic mass is 16.3. The molecule has 2 unspecified atom stereocenters. The van der Waals surface area contributed by atoms with E-state index in [1.807, 2.05) is 6.07 Å². The first-order valence-electron chi connectivity index (χ1n) is 14.1. The van der Waals surface area contributed by atoms with Crippen LogP contribution >= 0.6 is 0 Å². The number of benzene rings is 2. The number of nitrogens with zero attached hydrogens (tertiary/aromatic N) is 1. The standard InChI is InChI=1S/C36H31NO/c1-2-8-24(9-3-1)25-14-18-28(19-15-25)37-33-12-6-4-10-29(33)31-22-26(16-20-34(31)37)27-17-21-36-32(23-27)30-11-5-7-13-35(30)38-36/h1-5,7-8,10-11,13-15,17-18,21-24,28H,6,9,12,16,19-20H2. The van der Waals surface area contributed by atoms with Gasteiger partial charge in [-0.3, -0.25) is 0 Å². The summed E-state index contributed by atoms with van der Waals surface area (Å²) in [5.74, 6) is 0.530. The number of furan rings is 1. The molecule has 0 N–H and O–H groups in total. The average Bonchev–Trinajstić information content (AvgIpc) is 3.53. The summed E-state index contributed by atoms with van der Waals surface area (Å²) in [5, 5.41) is 2.41. The largest absolute Gasteiger partial charge is 0.456 e. The Hall–Kier alpha value is -4.04. The number of hydrogen-bond acceptors (Lipinski definition) is 1. The predicted octanol–water partition coefficient (Wildman–Crippen LogP) is 9.39. The van der Waals surface area contributed by atoms with Crippen LogP contribution in [0.25, 0.3) is 39.7 Å². The van der Waals surface area contributed by atoms with Gasteiger partial charge in [-0.05, 0) is 79.5 Å². The van der Waals surface area contributed by atoms with E-state index >= 15 is 0 Å². The molecule has 0 fully saturated rings. The minimum Gasteiger partial charge on any atom is -0.456 e. The highest BCUT2D eigenvalue weighted by Gasteiger charge is 2.28. The van der Waals surface area contributed by atoms with Crippen LogP contribution in [-0.4, -0.2) is 4.57 Å². The molecule has 0 radical (unpaired) electrons. The van der Waals surface area contributed by atoms with Crippen molar-refractivity contribution in [3.8, 4) is 0 Å². The van der Waals surface area contributed by atoms with Gasteiger partial charge in [0.25, 0.3) is 0 Å². The summed E-state index contributed by atoms with van der Waals surface area (Å²) in [7, 11) is 0. The Morgan fingerprint density at radius 3 is 2.58 bits per heavy atom. The first kappa shape index (κ1) is 22.0. The lowest BCUT2D eigenvalue weighted by atomic mass is 9.87. The lowest BCUT2D eigenvalue weighted by Gasteiger charge is -2.27. The van der Waals surface area contributed by atoms with Crippen molar-refractivity contribution < 1.29 is 4.42 Å². The van der Waals surface area contributed by atoms with E-state index in [2.05, 4.69) is 102 Å². The fourth-order valence-electron chi connectivity index (χ4n) is 6.98. The summed E-state index contributed by atoms with van der Waals surface area (Å²) in [5.41, 5.74) is 12.1. The smallest absolute Gasteiger partial charge is 0.135 e. The summed E-state index contributed by atoms with van der Waals surface area (Å²) < 4.78 is 8.80. The summed E-state index contributed by atoms with van der Waals surface area (Å²) in [6.07, 6.45) is 30.2. The zero-order valence-corrected chi connectivity index (χ0v) is 21.6. The van der Waals surface area contributed by atoms with Gasteiger partial charge < -0.3 is 8.98 Å². The maximum Gasteiger partial charge on any atom is 0.135 e. The topological polar surface area (TPSA) is 18.1 Å². The van der Waals surface area contributed by atoms with Crippen LogP contribution in [0, 0.1) is 5.92 Å². The molecule has 2 atom stereocenters. The molecular formula is C36H31NO. The zero-order chi connectivity index (χ0) is 25.1. The Kier molecular flexibility index (Phi) is 5.07. The first-order valence-corrected chi connectivity index (χ1v) is 14.1. The Morgan fingerprint density at radius 1 is 0.763 bits per heavy atom. The van der Waals surface area contributed by atoms with Crippen LogP contribution in [0.1, 0.15) is 59.8 Å². The van der Waals surface area contributed by atoms with Crippen molar-refractivity contribution in [2.75, 3.05) is 0 Å². The first-order chi connectivity index (χ1) is 18.8. The zero-order valence-electron chi connectivity index (χ0n) is 21.6. The van der Waals surface area contributed by atoms with Crippen molar-refractivity contribution in [3.05, 3.63) is 125 Å². The predicted molar refractivity (Wildman–Crippen MR) is 159 cm³/mol. The molecule has 4 aliphatic rings. The fraction of sp³-hybridized carbons (Fsp3) is 0.222. The normalized spacial score (nSPS) is 22.0. The van der Waals surface area contributed by atoms with Gasteiger partial charge in [-0.25, -0.2) is 0 Å². The second-order valence-corrected chi connectivity index (χ2v) is 11.0. The van der Waals surface area contributed by atoms with Crippen molar-refractivity contribution in [2.24, 2.45) is 5.92 Å². The van der Waals surface area contributed by atoms with Gasteiger partial charge in [0.05, 0.1) is 6.04 Å². The van der Waals surface area contributed by atoms with E-state index in [1.54, 1.807) is 0 Å². The van der Waals surface area contributed by atoms with E-state index in [4.69, 9.17) is 4.42 Å². The van der Waals surface area contributed by atoms with E-state index < -0.39 is 0 Å². The Bertz CT molecular complexity index is 1780. The highest BCUT2D eigenvalue weighted by Crippen LogP contribution is 2.42. The van der Waals surface area contributed by atoms with Crippen molar-refractivity contribution in [1.29, 1.82) is 0 Å². The molecular weight excluding hydrogens is 462 g/mol. The van der Waals surface area contributed by atoms with Gasteiger partial charge in [0.15, 0.2) is 0 Å². The molecule has 2 heteroatoms. The van der Waals surface area contributed by atoms with E-state index in [1.165, 1.54) is 50.0 Å². The summed E-state index contributed by atoms with van der Waals surface area (Å²) in [6, 6.07) is 15.5. The van der Waals surface area contributed by atoms with Gasteiger partial charge in [0, 0.05) is 39.2 Å². The van der Waals surface area contributed by atoms with Crippen LogP contribution in [0.2, 0.25) is 0 Å². The van der Waals surface area contributed by atoms with Gasteiger partial charge in [0.1, 0.15) is 11.2 Å². The second kappa shape index (κ2) is 8.77. The van der Waals surface area contributed by atoms with Gasteiger partial charge in [0.2, 0.25) is 0 Å². The third-order valence-electron chi connectivity index (χ3n) is 8.87. The molecule has 0 spiro atoms. The number of para-hydroxylation sites is 1. The average molecular weight is 494 g/mol. The summed E-state index contributed by atoms with van der Waals surface area (Å²) in [6.45, 7) is 0. The quantitative estimate of drug-likeness (QED) is 0.278. The lowest BCUT2D eigenvalue weighted by molar-refractivity contribution is 0.550. The highest BCUT2D eigenvalue weighted by molar-refractivity contribution is 6.06. The third-order valence-corrected chi connectivity index (χ3v) is 8.87. The number of aromatic nitrogens is 1. The van der Waals surface area contributed by atoms with E-state index in [-0.39, 0.29) is 0 Å². The van der Waals surface area contributed by atoms with E-state index in [0.717, 1.165) is 49.7 Å². The molecule has 0 saturated heterocycles. The van der Waals surface area contributed by atoms with Crippen molar-refractivity contribution in [1.82, 2.24) is 4.57 Å². The van der Waals surface area contributed by atoms with Crippen LogP contribution in [-0.2, 0) is 12.8 Å². The molecule has 38 heavy (non-hydrogen) atoms. The molecule has 186 valence electrons. The van der Waals surface area contributed by atoms with E-state index in [9.17, 15) is 0 Å². The summed E-state index contributed by atoms with van der Waals surface area (Å²) in [4.78, 5) is 0. The molecule has 0 amide bonds. The van der Waals surface area contributed by atoms with Crippen LogP contribution < -0.4 is 0 Å². The minimum absolute atomic E-state index is 0.412. The molecule has 0 bridgehead atoms. The molecule has 0 aliphatic heterocycles. The van der Waals surface area contributed by atoms with Crippen LogP contribution in [0.5, 0.6) is 0 Å². The molecule has 2 nitrogen and oxygen atoms in total. The van der Waals surface area contributed by atoms with Gasteiger partial charge in [-0.1, -0.05) is 78.9 Å². The monoisotopic (exact) mass is 493 g/mol. The summed E-state index contributed by atoms with van der Waals surface area (Å²) >= 11 is 0. The Morgan fingerprint density at radius 2 is 1.68 bits per heavy atom. The maximum absolute atomic E-state index is 6.09. The lowest BCUT2D eigenvalue weighted by Crippen LogP contribution is -2.17. The maximum atomic E-state index is 6.09. The van der Waals surface area contributed by atoms with Gasteiger partial charge in [-0.2, -0.15) is 0 Å². The molecule has 2 aromatic heterocycles. The Labute approximate surface area is 223 Å². The molecule has 2 heterocycles. The van der Waals surface area contributed by atoms with Gasteiger partial charge in [-0.15, -0.1) is 0 Å². The SMILES string of the molecule is C1=CCC(C2=CCC(n3c4c(c5c3CCC(c3ccc6oc7ccccc7c6c3)=C5)C=CCC4)C=C2)C=C1. The van der Waals surface area contributed by atoms with Crippen LogP contribution in [0.15, 0.2) is 101 Å². The molecule has 0 saturated carbocycles. The molecule has 2 aromatic carbocycles. The van der Waals surface area contributed by atoms with Crippen LogP contribution in [0.3, 0.4) is 0 Å². The van der Waals surface area contributed by atoms with Gasteiger partial charge >= 0.3 is 0 Å².